The number of thiophene rings is 1. The van der Waals surface area contributed by atoms with Crippen LogP contribution in [0.15, 0.2) is 35.7 Å². The van der Waals surface area contributed by atoms with Gasteiger partial charge in [0.15, 0.2) is 6.54 Å². The number of ether oxygens (including phenoxy) is 1. The van der Waals surface area contributed by atoms with Gasteiger partial charge >= 0.3 is 0 Å². The summed E-state index contributed by atoms with van der Waals surface area (Å²) in [7, 11) is 1.66. The van der Waals surface area contributed by atoms with E-state index in [1.54, 1.807) is 18.6 Å². The minimum atomic E-state index is -0.526. The van der Waals surface area contributed by atoms with Crippen molar-refractivity contribution in [1.29, 1.82) is 0 Å². The number of nitrogens with one attached hydrogen (secondary N) is 2. The topological polar surface area (TPSA) is 89.1 Å². The minimum absolute atomic E-state index is 0.0946. The lowest BCUT2D eigenvalue weighted by Crippen LogP contribution is -3.15. The van der Waals surface area contributed by atoms with Gasteiger partial charge < -0.3 is 25.6 Å². The number of primary amides is 1. The SMILES string of the molecule is COc1ccc(N2CC[NH+](CC(=O)Nc3sccc3C(N)=O)CC2)cc1. The Hall–Kier alpha value is -2.58. The Kier molecular flexibility index (Phi) is 5.75. The molecule has 26 heavy (non-hydrogen) atoms. The second-order valence-corrected chi connectivity index (χ2v) is 7.10. The van der Waals surface area contributed by atoms with Crippen LogP contribution in [0.2, 0.25) is 0 Å². The first-order valence-electron chi connectivity index (χ1n) is 8.46. The van der Waals surface area contributed by atoms with Gasteiger partial charge in [-0.25, -0.2) is 0 Å². The molecule has 0 radical (unpaired) electrons. The van der Waals surface area contributed by atoms with Crippen molar-refractivity contribution in [2.24, 2.45) is 5.73 Å². The number of methoxy groups -OCH3 is 1. The average Bonchev–Trinajstić information content (AvgIpc) is 3.11. The fourth-order valence-corrected chi connectivity index (χ4v) is 3.86. The van der Waals surface area contributed by atoms with Gasteiger partial charge in [0.2, 0.25) is 0 Å². The van der Waals surface area contributed by atoms with Crippen molar-refractivity contribution in [3.05, 3.63) is 41.3 Å². The zero-order valence-electron chi connectivity index (χ0n) is 14.7. The van der Waals surface area contributed by atoms with Crippen molar-refractivity contribution in [3.8, 4) is 5.75 Å². The molecule has 1 aliphatic rings. The summed E-state index contributed by atoms with van der Waals surface area (Å²) in [5.74, 6) is 0.225. The molecular weight excluding hydrogens is 352 g/mol. The Morgan fingerprint density at radius 1 is 1.23 bits per heavy atom. The summed E-state index contributed by atoms with van der Waals surface area (Å²) in [5.41, 5.74) is 6.83. The molecule has 0 unspecified atom stereocenters. The van der Waals surface area contributed by atoms with Gasteiger partial charge in [0, 0.05) is 5.69 Å². The first kappa shape index (κ1) is 18.2. The zero-order valence-corrected chi connectivity index (χ0v) is 15.5. The number of carbonyl (C=O) groups excluding carboxylic acids is 2. The lowest BCUT2D eigenvalue weighted by Gasteiger charge is -2.33. The number of carbonyl (C=O) groups is 2. The van der Waals surface area contributed by atoms with Gasteiger partial charge in [0.25, 0.3) is 11.8 Å². The Morgan fingerprint density at radius 3 is 2.54 bits per heavy atom. The number of nitrogens with zero attached hydrogens (tertiary/aromatic N) is 1. The number of anilines is 2. The third kappa shape index (κ3) is 4.33. The molecule has 2 amide bonds. The number of hydrogen-bond donors (Lipinski definition) is 3. The van der Waals surface area contributed by atoms with Crippen LogP contribution < -0.4 is 25.6 Å². The van der Waals surface area contributed by atoms with Crippen molar-refractivity contribution < 1.29 is 19.2 Å². The molecule has 3 rings (SSSR count). The standard InChI is InChI=1S/C18H22N4O3S/c1-25-14-4-2-13(3-5-14)22-9-7-21(8-10-22)12-16(23)20-18-15(17(19)24)6-11-26-18/h2-6,11H,7-10,12H2,1H3,(H2,19,24)(H,20,23)/p+1. The number of amides is 2. The van der Waals surface area contributed by atoms with Gasteiger partial charge in [0.1, 0.15) is 10.8 Å². The fraction of sp³-hybridized carbons (Fsp3) is 0.333. The van der Waals surface area contributed by atoms with Crippen molar-refractivity contribution in [1.82, 2.24) is 0 Å². The molecule has 2 aromatic rings. The minimum Gasteiger partial charge on any atom is -0.497 e. The first-order chi connectivity index (χ1) is 12.6. The van der Waals surface area contributed by atoms with E-state index in [0.717, 1.165) is 31.9 Å². The molecule has 7 nitrogen and oxygen atoms in total. The molecular formula is C18H23N4O3S+. The number of rotatable bonds is 6. The Morgan fingerprint density at radius 2 is 1.92 bits per heavy atom. The summed E-state index contributed by atoms with van der Waals surface area (Å²) in [6.45, 7) is 3.92. The van der Waals surface area contributed by atoms with Gasteiger partial charge in [-0.2, -0.15) is 0 Å². The van der Waals surface area contributed by atoms with Crippen molar-refractivity contribution in [2.45, 2.75) is 0 Å². The molecule has 0 aliphatic carbocycles. The van der Waals surface area contributed by atoms with Crippen LogP contribution in [0.3, 0.4) is 0 Å². The molecule has 0 spiro atoms. The van der Waals surface area contributed by atoms with Crippen molar-refractivity contribution >= 4 is 33.8 Å². The summed E-state index contributed by atoms with van der Waals surface area (Å²) in [4.78, 5) is 27.1. The van der Waals surface area contributed by atoms with Crippen LogP contribution in [0.5, 0.6) is 5.75 Å². The van der Waals surface area contributed by atoms with Gasteiger partial charge in [-0.1, -0.05) is 0 Å². The van der Waals surface area contributed by atoms with Crippen LogP contribution in [-0.4, -0.2) is 51.6 Å². The maximum absolute atomic E-state index is 12.3. The van der Waals surface area contributed by atoms with Crippen LogP contribution in [0, 0.1) is 0 Å². The maximum Gasteiger partial charge on any atom is 0.280 e. The smallest absolute Gasteiger partial charge is 0.280 e. The van der Waals surface area contributed by atoms with E-state index in [-0.39, 0.29) is 5.91 Å². The van der Waals surface area contributed by atoms with Gasteiger partial charge in [0.05, 0.1) is 38.9 Å². The lowest BCUT2D eigenvalue weighted by atomic mass is 10.2. The van der Waals surface area contributed by atoms with E-state index in [1.807, 2.05) is 12.1 Å². The van der Waals surface area contributed by atoms with Crippen molar-refractivity contribution in [2.75, 3.05) is 50.1 Å². The molecule has 138 valence electrons. The highest BCUT2D eigenvalue weighted by Crippen LogP contribution is 2.22. The predicted molar refractivity (Wildman–Crippen MR) is 102 cm³/mol. The highest BCUT2D eigenvalue weighted by molar-refractivity contribution is 7.14. The van der Waals surface area contributed by atoms with Gasteiger partial charge in [-0.05, 0) is 35.7 Å². The van der Waals surface area contributed by atoms with E-state index in [0.29, 0.717) is 17.1 Å². The third-order valence-electron chi connectivity index (χ3n) is 4.50. The van der Waals surface area contributed by atoms with Gasteiger partial charge in [-0.3, -0.25) is 9.59 Å². The van der Waals surface area contributed by atoms with Crippen LogP contribution in [-0.2, 0) is 4.79 Å². The van der Waals surface area contributed by atoms with E-state index in [9.17, 15) is 9.59 Å². The average molecular weight is 375 g/mol. The van der Waals surface area contributed by atoms with Crippen molar-refractivity contribution in [3.63, 3.8) is 0 Å². The van der Waals surface area contributed by atoms with Crippen LogP contribution in [0.4, 0.5) is 10.7 Å². The van der Waals surface area contributed by atoms with Crippen LogP contribution >= 0.6 is 11.3 Å². The van der Waals surface area contributed by atoms with E-state index in [2.05, 4.69) is 22.3 Å². The zero-order chi connectivity index (χ0) is 18.5. The van der Waals surface area contributed by atoms with Crippen LogP contribution in [0.25, 0.3) is 0 Å². The molecule has 2 heterocycles. The van der Waals surface area contributed by atoms with E-state index in [4.69, 9.17) is 10.5 Å². The van der Waals surface area contributed by atoms with E-state index < -0.39 is 5.91 Å². The summed E-state index contributed by atoms with van der Waals surface area (Å²) in [6.07, 6.45) is 0. The molecule has 4 N–H and O–H groups in total. The van der Waals surface area contributed by atoms with E-state index in [1.165, 1.54) is 21.9 Å². The first-order valence-corrected chi connectivity index (χ1v) is 9.34. The molecule has 0 atom stereocenters. The lowest BCUT2D eigenvalue weighted by molar-refractivity contribution is -0.892. The quantitative estimate of drug-likeness (QED) is 0.673. The Balaban J connectivity index is 1.49. The molecule has 0 saturated carbocycles. The number of piperazine rings is 1. The number of nitrogens with two attached hydrogens (primary N) is 1. The predicted octanol–water partition coefficient (Wildman–Crippen LogP) is 0.199. The molecule has 1 fully saturated rings. The monoisotopic (exact) mass is 375 g/mol. The third-order valence-corrected chi connectivity index (χ3v) is 5.33. The largest absolute Gasteiger partial charge is 0.497 e. The summed E-state index contributed by atoms with van der Waals surface area (Å²) in [5, 5.41) is 5.08. The van der Waals surface area contributed by atoms with E-state index >= 15 is 0 Å². The summed E-state index contributed by atoms with van der Waals surface area (Å²) < 4.78 is 5.19. The second-order valence-electron chi connectivity index (χ2n) is 6.19. The molecule has 1 aliphatic heterocycles. The molecule has 1 aromatic carbocycles. The Bertz CT molecular complexity index is 767. The highest BCUT2D eigenvalue weighted by atomic mass is 32.1. The summed E-state index contributed by atoms with van der Waals surface area (Å²) >= 11 is 1.31. The molecule has 8 heteroatoms. The van der Waals surface area contributed by atoms with Gasteiger partial charge in [-0.15, -0.1) is 11.3 Å². The number of quaternary nitrogens is 1. The number of benzene rings is 1. The molecule has 1 aromatic heterocycles. The second kappa shape index (κ2) is 8.20. The highest BCUT2D eigenvalue weighted by Gasteiger charge is 2.23. The maximum atomic E-state index is 12.3. The molecule has 0 bridgehead atoms. The van der Waals surface area contributed by atoms with Crippen LogP contribution in [0.1, 0.15) is 10.4 Å². The number of hydrogen-bond acceptors (Lipinski definition) is 5. The summed E-state index contributed by atoms with van der Waals surface area (Å²) in [6, 6.07) is 9.65. The fourth-order valence-electron chi connectivity index (χ4n) is 3.05. The Labute approximate surface area is 156 Å². The molecule has 1 saturated heterocycles. The normalized spacial score (nSPS) is 14.9.